The lowest BCUT2D eigenvalue weighted by Gasteiger charge is -2.25. The molecule has 0 aliphatic carbocycles. The maximum absolute atomic E-state index is 12.9. The van der Waals surface area contributed by atoms with Crippen LogP contribution in [0.25, 0.3) is 0 Å². The van der Waals surface area contributed by atoms with Crippen molar-refractivity contribution in [2.75, 3.05) is 40.9 Å². The Labute approximate surface area is 378 Å². The van der Waals surface area contributed by atoms with E-state index in [-0.39, 0.29) is 19.1 Å². The van der Waals surface area contributed by atoms with Crippen LogP contribution in [0.4, 0.5) is 0 Å². The number of phosphoric acid groups is 1. The van der Waals surface area contributed by atoms with Crippen molar-refractivity contribution < 1.29 is 32.9 Å². The Morgan fingerprint density at radius 2 is 0.902 bits per heavy atom. The van der Waals surface area contributed by atoms with Crippen molar-refractivity contribution in [1.29, 1.82) is 0 Å². The first-order valence-corrected chi connectivity index (χ1v) is 27.0. The van der Waals surface area contributed by atoms with Gasteiger partial charge in [-0.2, -0.15) is 0 Å². The second-order valence-corrected chi connectivity index (χ2v) is 20.0. The maximum Gasteiger partial charge on any atom is 0.472 e. The summed E-state index contributed by atoms with van der Waals surface area (Å²) in [5.41, 5.74) is 0. The minimum atomic E-state index is -4.36. The molecular weight excluding hydrogens is 780 g/mol. The highest BCUT2D eigenvalue weighted by molar-refractivity contribution is 7.47. The zero-order valence-corrected chi connectivity index (χ0v) is 41.5. The Kier molecular flexibility index (Phi) is 42.6. The van der Waals surface area contributed by atoms with Crippen LogP contribution in [0.15, 0.2) is 48.6 Å². The van der Waals surface area contributed by atoms with Crippen LogP contribution in [-0.2, 0) is 18.4 Å². The predicted octanol–water partition coefficient (Wildman–Crippen LogP) is 14.8. The van der Waals surface area contributed by atoms with Gasteiger partial charge in [0.25, 0.3) is 0 Å². The van der Waals surface area contributed by atoms with Gasteiger partial charge in [-0.05, 0) is 70.6 Å². The van der Waals surface area contributed by atoms with E-state index in [1.165, 1.54) is 148 Å². The van der Waals surface area contributed by atoms with Gasteiger partial charge in [0.1, 0.15) is 13.2 Å². The minimum absolute atomic E-state index is 0.0511. The van der Waals surface area contributed by atoms with Crippen molar-refractivity contribution in [3.8, 4) is 0 Å². The molecule has 0 fully saturated rings. The van der Waals surface area contributed by atoms with Gasteiger partial charge in [0.15, 0.2) is 0 Å². The van der Waals surface area contributed by atoms with E-state index in [0.29, 0.717) is 17.4 Å². The first-order valence-electron chi connectivity index (χ1n) is 25.5. The van der Waals surface area contributed by atoms with E-state index >= 15 is 0 Å². The second-order valence-electron chi connectivity index (χ2n) is 18.5. The number of nitrogens with one attached hydrogen (secondary N) is 1. The summed E-state index contributed by atoms with van der Waals surface area (Å²) in [6.07, 6.45) is 56.3. The van der Waals surface area contributed by atoms with Gasteiger partial charge in [-0.25, -0.2) is 4.57 Å². The van der Waals surface area contributed by atoms with E-state index < -0.39 is 20.0 Å². The van der Waals surface area contributed by atoms with E-state index in [1.807, 2.05) is 27.2 Å². The second kappa shape index (κ2) is 43.7. The molecule has 0 rings (SSSR count). The quantitative estimate of drug-likeness (QED) is 0.0243. The molecule has 3 atom stereocenters. The largest absolute Gasteiger partial charge is 0.472 e. The molecule has 0 aliphatic rings. The molecule has 0 saturated heterocycles. The summed E-state index contributed by atoms with van der Waals surface area (Å²) in [6.45, 7) is 4.77. The number of rotatable bonds is 46. The molecule has 0 aliphatic heterocycles. The van der Waals surface area contributed by atoms with Gasteiger partial charge in [0.2, 0.25) is 5.91 Å². The number of unbranched alkanes of at least 4 members (excludes halogenated alkanes) is 27. The Balaban J connectivity index is 4.36. The Morgan fingerprint density at radius 3 is 1.31 bits per heavy atom. The van der Waals surface area contributed by atoms with Crippen molar-refractivity contribution in [1.82, 2.24) is 5.32 Å². The van der Waals surface area contributed by atoms with Crippen molar-refractivity contribution in [2.45, 2.75) is 238 Å². The number of hydrogen-bond donors (Lipinski definition) is 3. The topological polar surface area (TPSA) is 105 Å². The summed E-state index contributed by atoms with van der Waals surface area (Å²) < 4.78 is 23.6. The molecule has 3 N–H and O–H groups in total. The van der Waals surface area contributed by atoms with Gasteiger partial charge in [-0.3, -0.25) is 13.8 Å². The highest BCUT2D eigenvalue weighted by atomic mass is 31.2. The standard InChI is InChI=1S/C52H99N2O6P/c1-6-8-10-12-14-16-18-20-22-23-24-25-26-27-28-29-30-31-32-33-35-37-39-41-43-45-51(55)50(49-60-61(57,58)59-48-47-54(3,4)5)53-52(56)46-44-42-40-38-36-34-21-19-17-15-13-11-9-7-2/h19,21,30-31,35,37,43,45,50-51,55H,6-18,20,22-29,32-34,36,38-42,44,46-49H2,1-5H3,(H-,53,56,57,58)/p+1/b21-19-,31-30+,37-35+,45-43+. The number of likely N-dealkylation sites (N-methyl/N-ethyl adjacent to an activating group) is 1. The molecule has 0 aromatic carbocycles. The van der Waals surface area contributed by atoms with E-state index in [9.17, 15) is 19.4 Å². The lowest BCUT2D eigenvalue weighted by Crippen LogP contribution is -2.45. The van der Waals surface area contributed by atoms with Gasteiger partial charge in [0, 0.05) is 6.42 Å². The number of carbonyl (C=O) groups excluding carboxylic acids is 1. The van der Waals surface area contributed by atoms with Crippen LogP contribution in [0.5, 0.6) is 0 Å². The number of nitrogens with zero attached hydrogens (tertiary/aromatic N) is 1. The fraction of sp³-hybridized carbons (Fsp3) is 0.827. The molecule has 3 unspecified atom stereocenters. The fourth-order valence-electron chi connectivity index (χ4n) is 7.19. The zero-order chi connectivity index (χ0) is 45.0. The van der Waals surface area contributed by atoms with Crippen LogP contribution in [0.1, 0.15) is 226 Å². The molecule has 8 nitrogen and oxygen atoms in total. The number of quaternary nitrogens is 1. The summed E-state index contributed by atoms with van der Waals surface area (Å²) in [5.74, 6) is -0.201. The first-order chi connectivity index (χ1) is 29.5. The average Bonchev–Trinajstić information content (AvgIpc) is 3.21. The number of carbonyl (C=O) groups is 1. The van der Waals surface area contributed by atoms with Crippen molar-refractivity contribution >= 4 is 13.7 Å². The van der Waals surface area contributed by atoms with Crippen molar-refractivity contribution in [3.63, 3.8) is 0 Å². The van der Waals surface area contributed by atoms with Gasteiger partial charge in [-0.1, -0.05) is 197 Å². The molecule has 0 bridgehead atoms. The van der Waals surface area contributed by atoms with Gasteiger partial charge < -0.3 is 19.8 Å². The normalized spacial score (nSPS) is 14.5. The SMILES string of the molecule is CCCCCCC/C=C\CCCCCCCC(=O)NC(COP(=O)(O)OCC[N+](C)(C)C)C(O)/C=C/CC/C=C/CC/C=C/CCCCCCCCCCCCCCCCC. The first kappa shape index (κ1) is 59.5. The summed E-state index contributed by atoms with van der Waals surface area (Å²) in [5, 5.41) is 13.8. The van der Waals surface area contributed by atoms with E-state index in [0.717, 1.165) is 57.8 Å². The van der Waals surface area contributed by atoms with Crippen LogP contribution < -0.4 is 5.32 Å². The Hall–Kier alpha value is -1.54. The molecule has 0 aromatic heterocycles. The van der Waals surface area contributed by atoms with Crippen molar-refractivity contribution in [2.24, 2.45) is 0 Å². The predicted molar refractivity (Wildman–Crippen MR) is 263 cm³/mol. The molecule has 358 valence electrons. The molecule has 0 saturated carbocycles. The number of phosphoric ester groups is 1. The summed E-state index contributed by atoms with van der Waals surface area (Å²) in [4.78, 5) is 23.2. The van der Waals surface area contributed by atoms with Crippen LogP contribution in [0.2, 0.25) is 0 Å². The molecule has 0 aromatic rings. The van der Waals surface area contributed by atoms with E-state index in [2.05, 4.69) is 55.6 Å². The Morgan fingerprint density at radius 1 is 0.541 bits per heavy atom. The Bertz CT molecular complexity index is 1130. The van der Waals surface area contributed by atoms with Crippen molar-refractivity contribution in [3.05, 3.63) is 48.6 Å². The third-order valence-corrected chi connectivity index (χ3v) is 12.2. The minimum Gasteiger partial charge on any atom is -0.387 e. The zero-order valence-electron chi connectivity index (χ0n) is 40.7. The van der Waals surface area contributed by atoms with Gasteiger partial charge in [0.05, 0.1) is 39.9 Å². The highest BCUT2D eigenvalue weighted by Crippen LogP contribution is 2.43. The number of allylic oxidation sites excluding steroid dienone is 7. The number of hydrogen-bond acceptors (Lipinski definition) is 5. The third kappa shape index (κ3) is 46.3. The smallest absolute Gasteiger partial charge is 0.387 e. The third-order valence-electron chi connectivity index (χ3n) is 11.2. The molecule has 61 heavy (non-hydrogen) atoms. The molecular formula is C52H100N2O6P+. The number of aliphatic hydroxyl groups excluding tert-OH is 1. The maximum atomic E-state index is 12.9. The monoisotopic (exact) mass is 880 g/mol. The van der Waals surface area contributed by atoms with Crippen LogP contribution in [0, 0.1) is 0 Å². The highest BCUT2D eigenvalue weighted by Gasteiger charge is 2.27. The van der Waals surface area contributed by atoms with Gasteiger partial charge >= 0.3 is 7.82 Å². The van der Waals surface area contributed by atoms with Gasteiger partial charge in [-0.15, -0.1) is 0 Å². The van der Waals surface area contributed by atoms with Crippen LogP contribution in [-0.4, -0.2) is 73.4 Å². The lowest BCUT2D eigenvalue weighted by atomic mass is 10.0. The van der Waals surface area contributed by atoms with E-state index in [4.69, 9.17) is 9.05 Å². The molecule has 0 spiro atoms. The molecule has 0 radical (unpaired) electrons. The summed E-state index contributed by atoms with van der Waals surface area (Å²) in [6, 6.07) is -0.874. The number of aliphatic hydroxyl groups is 1. The molecule has 9 heteroatoms. The van der Waals surface area contributed by atoms with Crippen LogP contribution >= 0.6 is 7.82 Å². The van der Waals surface area contributed by atoms with Crippen LogP contribution in [0.3, 0.4) is 0 Å². The van der Waals surface area contributed by atoms with E-state index in [1.54, 1.807) is 6.08 Å². The lowest BCUT2D eigenvalue weighted by molar-refractivity contribution is -0.870. The molecule has 0 heterocycles. The summed E-state index contributed by atoms with van der Waals surface area (Å²) >= 11 is 0. The molecule has 1 amide bonds. The fourth-order valence-corrected chi connectivity index (χ4v) is 7.92. The summed E-state index contributed by atoms with van der Waals surface area (Å²) in [7, 11) is 1.54. The number of amides is 1. The average molecular weight is 880 g/mol.